The Morgan fingerprint density at radius 2 is 2.05 bits per heavy atom. The maximum Gasteiger partial charge on any atom is 0.407 e. The summed E-state index contributed by atoms with van der Waals surface area (Å²) in [7, 11) is 1.63. The van der Waals surface area contributed by atoms with E-state index >= 15 is 0 Å². The predicted octanol–water partition coefficient (Wildman–Crippen LogP) is 6.77. The summed E-state index contributed by atoms with van der Waals surface area (Å²) in [6.07, 6.45) is 13.7. The maximum atomic E-state index is 12.3. The number of hydrogen-bond acceptors (Lipinski definition) is 6. The molecule has 1 aromatic rings. The average Bonchev–Trinajstić information content (AvgIpc) is 3.48. The van der Waals surface area contributed by atoms with Crippen LogP contribution < -0.4 is 5.32 Å². The van der Waals surface area contributed by atoms with Crippen molar-refractivity contribution >= 4 is 17.4 Å². The minimum atomic E-state index is -0.646. The van der Waals surface area contributed by atoms with Gasteiger partial charge in [-0.15, -0.1) is 11.3 Å². The standard InChI is InChI=1S/C33H48N2O4S/c1-20(8-13-29(39-31(38)34-5)33(15-16-33)30-35-21(2)19-40-30)26-11-12-27-23(7-6-14-32(26,27)4)9-10-24-17-25(36)18-28(37)22(24)3/h9-10,19-20,25-29,36-37H,3,6-8,11-18H2,1-2,4-5H3,(H,34,38)/t20-,25-,26-,27+,28+,29+,32-/m1/s1. The lowest BCUT2D eigenvalue weighted by Gasteiger charge is -2.44. The Hall–Kier alpha value is -1.96. The molecule has 1 heterocycles. The number of carbonyl (C=O) groups excluding carboxylic acids is 1. The molecule has 40 heavy (non-hydrogen) atoms. The molecular weight excluding hydrogens is 520 g/mol. The quantitative estimate of drug-likeness (QED) is 0.322. The molecule has 4 aliphatic carbocycles. The Labute approximate surface area is 244 Å². The van der Waals surface area contributed by atoms with Crippen LogP contribution in [0, 0.1) is 30.1 Å². The highest BCUT2D eigenvalue weighted by Gasteiger charge is 2.55. The Morgan fingerprint density at radius 3 is 2.73 bits per heavy atom. The Kier molecular flexibility index (Phi) is 8.66. The minimum Gasteiger partial charge on any atom is -0.445 e. The third-order valence-corrected chi connectivity index (χ3v) is 12.0. The fraction of sp³-hybridized carbons (Fsp3) is 0.697. The van der Waals surface area contributed by atoms with Gasteiger partial charge in [-0.25, -0.2) is 9.78 Å². The summed E-state index contributed by atoms with van der Waals surface area (Å²) in [6.45, 7) is 11.1. The minimum absolute atomic E-state index is 0.119. The number of ether oxygens (including phenoxy) is 1. The highest BCUT2D eigenvalue weighted by molar-refractivity contribution is 7.09. The number of aliphatic hydroxyl groups excluding tert-OH is 2. The summed E-state index contributed by atoms with van der Waals surface area (Å²) < 4.78 is 6.02. The number of amides is 1. The summed E-state index contributed by atoms with van der Waals surface area (Å²) in [5.41, 5.74) is 4.46. The van der Waals surface area contributed by atoms with Gasteiger partial charge in [-0.3, -0.25) is 0 Å². The summed E-state index contributed by atoms with van der Waals surface area (Å²) >= 11 is 1.70. The van der Waals surface area contributed by atoms with Crippen molar-refractivity contribution in [2.75, 3.05) is 7.05 Å². The fourth-order valence-electron chi connectivity index (χ4n) is 8.32. The van der Waals surface area contributed by atoms with Crippen molar-refractivity contribution < 1.29 is 19.7 Å². The second-order valence-corrected chi connectivity index (χ2v) is 14.2. The van der Waals surface area contributed by atoms with E-state index in [0.717, 1.165) is 54.0 Å². The maximum absolute atomic E-state index is 12.3. The van der Waals surface area contributed by atoms with Crippen LogP contribution in [0.4, 0.5) is 4.79 Å². The second-order valence-electron chi connectivity index (χ2n) is 13.3. The van der Waals surface area contributed by atoms with Crippen molar-refractivity contribution in [3.05, 3.63) is 51.5 Å². The number of rotatable bonds is 8. The molecule has 4 fully saturated rings. The van der Waals surface area contributed by atoms with Crippen LogP contribution in [-0.4, -0.2) is 46.6 Å². The fourth-order valence-corrected chi connectivity index (χ4v) is 9.42. The van der Waals surface area contributed by atoms with Gasteiger partial charge in [0.05, 0.1) is 17.6 Å². The molecule has 6 nitrogen and oxygen atoms in total. The van der Waals surface area contributed by atoms with E-state index < -0.39 is 12.2 Å². The molecule has 4 aliphatic rings. The van der Waals surface area contributed by atoms with Crippen LogP contribution in [0.2, 0.25) is 0 Å². The van der Waals surface area contributed by atoms with E-state index in [2.05, 4.69) is 43.3 Å². The second kappa shape index (κ2) is 11.7. The third kappa shape index (κ3) is 5.71. The van der Waals surface area contributed by atoms with E-state index in [1.54, 1.807) is 18.4 Å². The van der Waals surface area contributed by atoms with Crippen LogP contribution >= 0.6 is 11.3 Å². The van der Waals surface area contributed by atoms with Crippen LogP contribution in [0.1, 0.15) is 95.2 Å². The smallest absolute Gasteiger partial charge is 0.407 e. The first-order chi connectivity index (χ1) is 19.1. The van der Waals surface area contributed by atoms with Gasteiger partial charge in [0.25, 0.3) is 0 Å². The van der Waals surface area contributed by atoms with Crippen molar-refractivity contribution in [3.8, 4) is 0 Å². The number of aliphatic hydroxyl groups is 2. The number of hydrogen-bond donors (Lipinski definition) is 3. The van der Waals surface area contributed by atoms with Crippen LogP contribution in [0.5, 0.6) is 0 Å². The molecule has 0 aromatic carbocycles. The van der Waals surface area contributed by atoms with Crippen LogP contribution in [0.25, 0.3) is 0 Å². The predicted molar refractivity (Wildman–Crippen MR) is 160 cm³/mol. The summed E-state index contributed by atoms with van der Waals surface area (Å²) in [6, 6.07) is 0. The molecular formula is C33H48N2O4S. The van der Waals surface area contributed by atoms with E-state index in [1.165, 1.54) is 31.3 Å². The molecule has 7 atom stereocenters. The highest BCUT2D eigenvalue weighted by atomic mass is 32.1. The molecule has 3 N–H and O–H groups in total. The normalized spacial score (nSPS) is 34.9. The zero-order valence-corrected chi connectivity index (χ0v) is 25.6. The number of aromatic nitrogens is 1. The van der Waals surface area contributed by atoms with E-state index in [9.17, 15) is 15.0 Å². The monoisotopic (exact) mass is 568 g/mol. The van der Waals surface area contributed by atoms with Gasteiger partial charge in [-0.2, -0.15) is 0 Å². The lowest BCUT2D eigenvalue weighted by molar-refractivity contribution is 0.0533. The zero-order chi connectivity index (χ0) is 28.7. The number of nitrogens with one attached hydrogen (secondary N) is 1. The van der Waals surface area contributed by atoms with Gasteiger partial charge in [0.15, 0.2) is 0 Å². The number of carbonyl (C=O) groups is 1. The first-order valence-corrected chi connectivity index (χ1v) is 16.2. The lowest BCUT2D eigenvalue weighted by atomic mass is 9.60. The van der Waals surface area contributed by atoms with Gasteiger partial charge >= 0.3 is 6.09 Å². The Bertz CT molecular complexity index is 1170. The number of allylic oxidation sites excluding steroid dienone is 3. The molecule has 0 saturated heterocycles. The topological polar surface area (TPSA) is 91.7 Å². The van der Waals surface area contributed by atoms with Gasteiger partial charge in [0.1, 0.15) is 11.1 Å². The molecule has 0 unspecified atom stereocenters. The largest absolute Gasteiger partial charge is 0.445 e. The van der Waals surface area contributed by atoms with E-state index in [0.29, 0.717) is 30.6 Å². The third-order valence-electron chi connectivity index (χ3n) is 10.8. The van der Waals surface area contributed by atoms with E-state index in [1.807, 2.05) is 6.92 Å². The molecule has 0 radical (unpaired) electrons. The Morgan fingerprint density at radius 1 is 1.27 bits per heavy atom. The van der Waals surface area contributed by atoms with Crippen LogP contribution in [0.3, 0.4) is 0 Å². The lowest BCUT2D eigenvalue weighted by Crippen LogP contribution is -2.38. The number of nitrogens with zero attached hydrogens (tertiary/aromatic N) is 1. The molecule has 7 heteroatoms. The number of thiazole rings is 1. The Balaban J connectivity index is 1.28. The molecule has 0 bridgehead atoms. The van der Waals surface area contributed by atoms with Crippen molar-refractivity contribution in [1.82, 2.24) is 10.3 Å². The molecule has 1 aromatic heterocycles. The zero-order valence-electron chi connectivity index (χ0n) is 24.7. The molecule has 0 aliphatic heterocycles. The SMILES string of the molecule is C=C1C(=CC=C2CCC[C@]3(C)[C@@H]([C@H](C)CC[C@H](OC(=O)NC)C4(c5nc(C)cs5)CC4)CC[C@@H]23)C[C@@H](O)C[C@@H]1O. The average molecular weight is 569 g/mol. The van der Waals surface area contributed by atoms with Crippen molar-refractivity contribution in [1.29, 1.82) is 0 Å². The first kappa shape index (κ1) is 29.5. The van der Waals surface area contributed by atoms with Crippen LogP contribution in [0.15, 0.2) is 40.8 Å². The summed E-state index contributed by atoms with van der Waals surface area (Å²) in [5, 5.41) is 26.3. The molecule has 4 saturated carbocycles. The van der Waals surface area contributed by atoms with Gasteiger partial charge in [0.2, 0.25) is 0 Å². The molecule has 1 amide bonds. The number of alkyl carbamates (subject to hydrolysis) is 1. The molecule has 5 rings (SSSR count). The first-order valence-electron chi connectivity index (χ1n) is 15.3. The van der Waals surface area contributed by atoms with Gasteiger partial charge in [-0.1, -0.05) is 38.2 Å². The number of aryl methyl sites for hydroxylation is 1. The van der Waals surface area contributed by atoms with E-state index in [-0.39, 0.29) is 23.0 Å². The molecule has 220 valence electrons. The highest BCUT2D eigenvalue weighted by Crippen LogP contribution is 2.60. The van der Waals surface area contributed by atoms with Crippen molar-refractivity contribution in [2.45, 2.75) is 115 Å². The van der Waals surface area contributed by atoms with Crippen LogP contribution in [-0.2, 0) is 10.2 Å². The van der Waals surface area contributed by atoms with Gasteiger partial charge in [-0.05, 0) is 105 Å². The van der Waals surface area contributed by atoms with Crippen molar-refractivity contribution in [3.63, 3.8) is 0 Å². The number of fused-ring (bicyclic) bond motifs is 1. The van der Waals surface area contributed by atoms with Gasteiger partial charge in [0, 0.05) is 24.5 Å². The summed E-state index contributed by atoms with van der Waals surface area (Å²) in [5.74, 6) is 1.75. The van der Waals surface area contributed by atoms with E-state index in [4.69, 9.17) is 9.72 Å². The van der Waals surface area contributed by atoms with Crippen molar-refractivity contribution in [2.24, 2.45) is 23.2 Å². The summed E-state index contributed by atoms with van der Waals surface area (Å²) in [4.78, 5) is 17.2. The molecule has 0 spiro atoms. The van der Waals surface area contributed by atoms with Gasteiger partial charge < -0.3 is 20.3 Å².